The third-order valence-electron chi connectivity index (χ3n) is 4.41. The molecule has 1 unspecified atom stereocenters. The summed E-state index contributed by atoms with van der Waals surface area (Å²) >= 11 is 5.92. The first-order valence-corrected chi connectivity index (χ1v) is 9.02. The first-order valence-electron chi connectivity index (χ1n) is 8.64. The highest BCUT2D eigenvalue weighted by atomic mass is 35.5. The Bertz CT molecular complexity index is 583. The van der Waals surface area contributed by atoms with E-state index in [1.807, 2.05) is 36.1 Å². The predicted octanol–water partition coefficient (Wildman–Crippen LogP) is 2.21. The van der Waals surface area contributed by atoms with Crippen molar-refractivity contribution >= 4 is 23.5 Å². The summed E-state index contributed by atoms with van der Waals surface area (Å²) < 4.78 is 0. The molecule has 1 aliphatic heterocycles. The van der Waals surface area contributed by atoms with Crippen LogP contribution in [0.1, 0.15) is 24.9 Å². The Morgan fingerprint density at radius 2 is 1.76 bits per heavy atom. The number of carbonyl (C=O) groups excluding carboxylic acids is 2. The Kier molecular flexibility index (Phi) is 7.08. The molecule has 7 heteroatoms. The first-order chi connectivity index (χ1) is 11.9. The molecule has 6 nitrogen and oxygen atoms in total. The van der Waals surface area contributed by atoms with Crippen molar-refractivity contribution in [3.05, 3.63) is 34.9 Å². The third-order valence-corrected chi connectivity index (χ3v) is 4.66. The molecule has 0 saturated carbocycles. The van der Waals surface area contributed by atoms with E-state index >= 15 is 0 Å². The average Bonchev–Trinajstić information content (AvgIpc) is 2.60. The maximum Gasteiger partial charge on any atom is 0.319 e. The second kappa shape index (κ2) is 9.06. The largest absolute Gasteiger partial charge is 0.348 e. The number of nitrogens with one attached hydrogen (secondary N) is 1. The molecule has 1 aliphatic rings. The minimum atomic E-state index is -0.0126. The number of hydrogen-bond acceptors (Lipinski definition) is 3. The van der Waals surface area contributed by atoms with Crippen LogP contribution >= 0.6 is 11.6 Å². The van der Waals surface area contributed by atoms with Gasteiger partial charge in [0.1, 0.15) is 0 Å². The lowest BCUT2D eigenvalue weighted by molar-refractivity contribution is -0.123. The van der Waals surface area contributed by atoms with Crippen LogP contribution in [0.5, 0.6) is 0 Å². The van der Waals surface area contributed by atoms with E-state index in [1.165, 1.54) is 0 Å². The molecule has 3 amide bonds. The van der Waals surface area contributed by atoms with Crippen LogP contribution in [0.25, 0.3) is 0 Å². The van der Waals surface area contributed by atoms with E-state index in [0.717, 1.165) is 12.0 Å². The minimum absolute atomic E-state index is 0.00851. The highest BCUT2D eigenvalue weighted by Crippen LogP contribution is 2.19. The maximum atomic E-state index is 12.4. The molecular formula is C18H27ClN4O2. The van der Waals surface area contributed by atoms with Gasteiger partial charge in [0.2, 0.25) is 5.91 Å². The summed E-state index contributed by atoms with van der Waals surface area (Å²) in [5.74, 6) is 0.00851. The van der Waals surface area contributed by atoms with E-state index in [-0.39, 0.29) is 18.0 Å². The van der Waals surface area contributed by atoms with Gasteiger partial charge >= 0.3 is 6.03 Å². The quantitative estimate of drug-likeness (QED) is 0.869. The highest BCUT2D eigenvalue weighted by Gasteiger charge is 2.24. The number of carbonyl (C=O) groups is 2. The summed E-state index contributed by atoms with van der Waals surface area (Å²) in [5, 5.41) is 3.78. The third kappa shape index (κ3) is 5.61. The van der Waals surface area contributed by atoms with Crippen LogP contribution in [0.2, 0.25) is 5.02 Å². The van der Waals surface area contributed by atoms with E-state index in [9.17, 15) is 9.59 Å². The van der Waals surface area contributed by atoms with Crippen molar-refractivity contribution in [1.82, 2.24) is 20.0 Å². The minimum Gasteiger partial charge on any atom is -0.348 e. The van der Waals surface area contributed by atoms with Crippen LogP contribution in [0, 0.1) is 0 Å². The van der Waals surface area contributed by atoms with Crippen molar-refractivity contribution in [3.8, 4) is 0 Å². The molecule has 25 heavy (non-hydrogen) atoms. The van der Waals surface area contributed by atoms with Gasteiger partial charge in [0.15, 0.2) is 0 Å². The van der Waals surface area contributed by atoms with Gasteiger partial charge in [-0.3, -0.25) is 9.69 Å². The van der Waals surface area contributed by atoms with Gasteiger partial charge < -0.3 is 15.1 Å². The topological polar surface area (TPSA) is 55.9 Å². The van der Waals surface area contributed by atoms with E-state index < -0.39 is 0 Å². The summed E-state index contributed by atoms with van der Waals surface area (Å²) in [6.45, 7) is 5.13. The van der Waals surface area contributed by atoms with E-state index in [2.05, 4.69) is 10.2 Å². The van der Waals surface area contributed by atoms with E-state index in [1.54, 1.807) is 19.0 Å². The molecule has 0 spiro atoms. The highest BCUT2D eigenvalue weighted by molar-refractivity contribution is 6.30. The number of nitrogens with zero attached hydrogens (tertiary/aromatic N) is 3. The van der Waals surface area contributed by atoms with Gasteiger partial charge in [0, 0.05) is 45.3 Å². The van der Waals surface area contributed by atoms with Gasteiger partial charge in [0.25, 0.3) is 0 Å². The van der Waals surface area contributed by atoms with Crippen molar-refractivity contribution in [2.75, 3.05) is 46.8 Å². The van der Waals surface area contributed by atoms with Crippen LogP contribution in [0.3, 0.4) is 0 Å². The second-order valence-electron chi connectivity index (χ2n) is 6.52. The lowest BCUT2D eigenvalue weighted by Gasteiger charge is -2.35. The molecule has 1 N–H and O–H groups in total. The fraction of sp³-hybridized carbons (Fsp3) is 0.556. The summed E-state index contributed by atoms with van der Waals surface area (Å²) in [7, 11) is 3.51. The summed E-state index contributed by atoms with van der Waals surface area (Å²) in [4.78, 5) is 29.8. The number of hydrogen-bond donors (Lipinski definition) is 1. The van der Waals surface area contributed by atoms with Gasteiger partial charge in [-0.05, 0) is 24.1 Å². The fourth-order valence-corrected chi connectivity index (χ4v) is 3.07. The molecule has 1 saturated heterocycles. The van der Waals surface area contributed by atoms with Gasteiger partial charge in [-0.25, -0.2) is 4.79 Å². The first kappa shape index (κ1) is 19.5. The number of benzene rings is 1. The average molecular weight is 367 g/mol. The van der Waals surface area contributed by atoms with Gasteiger partial charge in [-0.15, -0.1) is 0 Å². The molecule has 1 aromatic rings. The lowest BCUT2D eigenvalue weighted by Crippen LogP contribution is -2.53. The van der Waals surface area contributed by atoms with Crippen LogP contribution < -0.4 is 5.32 Å². The van der Waals surface area contributed by atoms with Crippen molar-refractivity contribution < 1.29 is 9.59 Å². The van der Waals surface area contributed by atoms with Crippen LogP contribution in [0.15, 0.2) is 24.3 Å². The molecule has 0 bridgehead atoms. The Labute approximate surface area is 154 Å². The second-order valence-corrected chi connectivity index (χ2v) is 6.96. The zero-order valence-electron chi connectivity index (χ0n) is 15.2. The van der Waals surface area contributed by atoms with Crippen molar-refractivity contribution in [1.29, 1.82) is 0 Å². The number of urea groups is 1. The summed E-state index contributed by atoms with van der Waals surface area (Å²) in [6, 6.07) is 7.59. The Hall–Kier alpha value is -1.79. The zero-order valence-corrected chi connectivity index (χ0v) is 15.9. The number of piperazine rings is 1. The Balaban J connectivity index is 1.82. The van der Waals surface area contributed by atoms with Crippen molar-refractivity contribution in [3.63, 3.8) is 0 Å². The lowest BCUT2D eigenvalue weighted by atomic mass is 10.0. The smallest absolute Gasteiger partial charge is 0.319 e. The zero-order chi connectivity index (χ0) is 18.4. The van der Waals surface area contributed by atoms with Crippen LogP contribution in [-0.4, -0.2) is 73.5 Å². The number of rotatable bonds is 5. The van der Waals surface area contributed by atoms with Gasteiger partial charge in [0.05, 0.1) is 12.6 Å². The molecule has 1 fully saturated rings. The summed E-state index contributed by atoms with van der Waals surface area (Å²) in [5.41, 5.74) is 1.06. The maximum absolute atomic E-state index is 12.4. The summed E-state index contributed by atoms with van der Waals surface area (Å²) in [6.07, 6.45) is 0.818. The molecule has 1 heterocycles. The molecule has 1 aromatic carbocycles. The number of amides is 3. The normalized spacial score (nSPS) is 16.4. The van der Waals surface area contributed by atoms with Crippen LogP contribution in [0.4, 0.5) is 4.79 Å². The van der Waals surface area contributed by atoms with Crippen molar-refractivity contribution in [2.45, 2.75) is 19.4 Å². The van der Waals surface area contributed by atoms with Gasteiger partial charge in [-0.2, -0.15) is 0 Å². The van der Waals surface area contributed by atoms with Crippen molar-refractivity contribution in [2.24, 2.45) is 0 Å². The molecule has 2 rings (SSSR count). The molecule has 138 valence electrons. The molecule has 0 radical (unpaired) electrons. The standard InChI is InChI=1S/C18H27ClN4O2/c1-4-16(14-5-7-15(19)8-6-14)20-17(24)13-22-9-11-23(12-10-22)18(25)21(2)3/h5-8,16H,4,9-13H2,1-3H3,(H,20,24). The van der Waals surface area contributed by atoms with E-state index in [0.29, 0.717) is 37.7 Å². The predicted molar refractivity (Wildman–Crippen MR) is 99.7 cm³/mol. The molecule has 0 aromatic heterocycles. The van der Waals surface area contributed by atoms with Gasteiger partial charge in [-0.1, -0.05) is 30.7 Å². The van der Waals surface area contributed by atoms with Crippen LogP contribution in [-0.2, 0) is 4.79 Å². The monoisotopic (exact) mass is 366 g/mol. The molecular weight excluding hydrogens is 340 g/mol. The SMILES string of the molecule is CCC(NC(=O)CN1CCN(C(=O)N(C)C)CC1)c1ccc(Cl)cc1. The molecule has 0 aliphatic carbocycles. The molecule has 1 atom stereocenters. The fourth-order valence-electron chi connectivity index (χ4n) is 2.94. The Morgan fingerprint density at radius 1 is 1.16 bits per heavy atom. The number of halogens is 1. The Morgan fingerprint density at radius 3 is 2.28 bits per heavy atom. The van der Waals surface area contributed by atoms with E-state index in [4.69, 9.17) is 11.6 Å².